The lowest BCUT2D eigenvalue weighted by atomic mass is 9.47. The normalized spacial score (nSPS) is 50.0. The lowest BCUT2D eigenvalue weighted by molar-refractivity contribution is -0.300. The van der Waals surface area contributed by atoms with Crippen molar-refractivity contribution in [3.05, 3.63) is 0 Å². The van der Waals surface area contributed by atoms with Crippen LogP contribution in [0, 0.1) is 23.2 Å². The predicted molar refractivity (Wildman–Crippen MR) is 58.3 cm³/mol. The van der Waals surface area contributed by atoms with Crippen molar-refractivity contribution in [2.75, 3.05) is 13.2 Å². The third kappa shape index (κ3) is 1.13. The molecule has 0 aromatic rings. The molecule has 5 aliphatic rings. The van der Waals surface area contributed by atoms with Gasteiger partial charge in [-0.25, -0.2) is 0 Å². The van der Waals surface area contributed by atoms with Gasteiger partial charge in [-0.05, 0) is 38.0 Å². The Bertz CT molecular complexity index is 354. The Kier molecular flexibility index (Phi) is 1.84. The fourth-order valence-electron chi connectivity index (χ4n) is 5.10. The first-order valence-corrected chi connectivity index (χ1v) is 6.66. The highest BCUT2D eigenvalue weighted by Gasteiger charge is 2.67. The van der Waals surface area contributed by atoms with E-state index in [-0.39, 0.29) is 0 Å². The molecule has 1 aliphatic heterocycles. The summed E-state index contributed by atoms with van der Waals surface area (Å²) in [6, 6.07) is 0. The highest BCUT2D eigenvalue weighted by Crippen LogP contribution is 2.65. The van der Waals surface area contributed by atoms with Gasteiger partial charge in [0, 0.05) is 11.8 Å². The van der Waals surface area contributed by atoms with Crippen molar-refractivity contribution in [1.29, 1.82) is 0 Å². The van der Waals surface area contributed by atoms with E-state index in [4.69, 9.17) is 9.47 Å². The molecule has 4 bridgehead atoms. The summed E-state index contributed by atoms with van der Waals surface area (Å²) in [5.41, 5.74) is -0.461. The molecule has 1 N–H and O–H groups in total. The number of aliphatic carboxylic acids is 1. The van der Waals surface area contributed by atoms with E-state index < -0.39 is 17.2 Å². The molecule has 4 heteroatoms. The van der Waals surface area contributed by atoms with Crippen LogP contribution in [-0.4, -0.2) is 30.1 Å². The summed E-state index contributed by atoms with van der Waals surface area (Å²) in [5.74, 6) is 0.210. The zero-order valence-corrected chi connectivity index (χ0v) is 9.85. The van der Waals surface area contributed by atoms with Gasteiger partial charge in [-0.2, -0.15) is 0 Å². The van der Waals surface area contributed by atoms with Crippen molar-refractivity contribution in [3.63, 3.8) is 0 Å². The molecule has 0 radical (unpaired) electrons. The van der Waals surface area contributed by atoms with Crippen LogP contribution < -0.4 is 0 Å². The largest absolute Gasteiger partial charge is 0.481 e. The van der Waals surface area contributed by atoms with Gasteiger partial charge in [0.25, 0.3) is 0 Å². The predicted octanol–water partition coefficient (Wildman–Crippen LogP) is 1.64. The molecule has 1 heterocycles. The lowest BCUT2D eigenvalue weighted by Crippen LogP contribution is -2.63. The number of ether oxygens (including phenoxy) is 2. The van der Waals surface area contributed by atoms with Crippen LogP contribution in [0.4, 0.5) is 0 Å². The van der Waals surface area contributed by atoms with Crippen molar-refractivity contribution < 1.29 is 19.4 Å². The molecule has 1 spiro atoms. The number of hydrogen-bond acceptors (Lipinski definition) is 3. The van der Waals surface area contributed by atoms with E-state index in [1.807, 2.05) is 0 Å². The van der Waals surface area contributed by atoms with Crippen molar-refractivity contribution >= 4 is 5.97 Å². The molecule has 0 amide bonds. The van der Waals surface area contributed by atoms with Gasteiger partial charge in [0.15, 0.2) is 5.79 Å². The highest BCUT2D eigenvalue weighted by molar-refractivity contribution is 5.75. The van der Waals surface area contributed by atoms with Gasteiger partial charge in [0.2, 0.25) is 0 Å². The third-order valence-electron chi connectivity index (χ3n) is 5.52. The van der Waals surface area contributed by atoms with Crippen molar-refractivity contribution in [2.24, 2.45) is 23.2 Å². The molecule has 0 aromatic heterocycles. The average molecular weight is 238 g/mol. The molecule has 4 aliphatic carbocycles. The maximum Gasteiger partial charge on any atom is 0.309 e. The summed E-state index contributed by atoms with van der Waals surface area (Å²) >= 11 is 0. The van der Waals surface area contributed by atoms with E-state index in [9.17, 15) is 9.90 Å². The Balaban J connectivity index is 1.74. The molecule has 4 atom stereocenters. The summed E-state index contributed by atoms with van der Waals surface area (Å²) in [6.07, 6.45) is 4.60. The Morgan fingerprint density at radius 3 is 2.18 bits per heavy atom. The van der Waals surface area contributed by atoms with Gasteiger partial charge in [-0.15, -0.1) is 0 Å². The van der Waals surface area contributed by atoms with Crippen LogP contribution in [0.15, 0.2) is 0 Å². The van der Waals surface area contributed by atoms with Gasteiger partial charge in [0.1, 0.15) is 0 Å². The first-order valence-electron chi connectivity index (χ1n) is 6.66. The molecular weight excluding hydrogens is 220 g/mol. The minimum atomic E-state index is -0.593. The Labute approximate surface area is 100 Å². The summed E-state index contributed by atoms with van der Waals surface area (Å²) in [7, 11) is 0. The second-order valence-corrected chi connectivity index (χ2v) is 6.35. The van der Waals surface area contributed by atoms with Crippen LogP contribution in [0.5, 0.6) is 0 Å². The highest BCUT2D eigenvalue weighted by atomic mass is 16.7. The Morgan fingerprint density at radius 1 is 1.06 bits per heavy atom. The van der Waals surface area contributed by atoms with Crippen LogP contribution in [0.3, 0.4) is 0 Å². The summed E-state index contributed by atoms with van der Waals surface area (Å²) in [4.78, 5) is 11.6. The first kappa shape index (κ1) is 10.3. The van der Waals surface area contributed by atoms with E-state index in [2.05, 4.69) is 0 Å². The standard InChI is InChI=1S/C13H18O4/c14-11(15)12-5-8-3-9(6-12)13(10(4-8)7-12)16-1-2-17-13/h8-10H,1-7H2,(H,14,15)/t8-,9+,10-,12?. The van der Waals surface area contributed by atoms with Crippen LogP contribution >= 0.6 is 0 Å². The number of rotatable bonds is 1. The zero-order chi connectivity index (χ0) is 11.7. The van der Waals surface area contributed by atoms with E-state index >= 15 is 0 Å². The molecule has 17 heavy (non-hydrogen) atoms. The number of hydrogen-bond donors (Lipinski definition) is 1. The van der Waals surface area contributed by atoms with Crippen LogP contribution in [-0.2, 0) is 14.3 Å². The maximum absolute atomic E-state index is 11.6. The molecule has 5 fully saturated rings. The van der Waals surface area contributed by atoms with E-state index in [0.717, 1.165) is 32.1 Å². The smallest absolute Gasteiger partial charge is 0.309 e. The van der Waals surface area contributed by atoms with Crippen LogP contribution in [0.1, 0.15) is 32.1 Å². The molecular formula is C13H18O4. The lowest BCUT2D eigenvalue weighted by Gasteiger charge is -2.61. The van der Waals surface area contributed by atoms with Gasteiger partial charge in [0.05, 0.1) is 18.6 Å². The van der Waals surface area contributed by atoms with E-state index in [1.54, 1.807) is 0 Å². The summed E-state index contributed by atoms with van der Waals surface area (Å²) < 4.78 is 11.9. The van der Waals surface area contributed by atoms with Gasteiger partial charge < -0.3 is 14.6 Å². The van der Waals surface area contributed by atoms with Gasteiger partial charge in [-0.3, -0.25) is 4.79 Å². The Morgan fingerprint density at radius 2 is 1.65 bits per heavy atom. The molecule has 5 rings (SSSR count). The van der Waals surface area contributed by atoms with Crippen molar-refractivity contribution in [3.8, 4) is 0 Å². The van der Waals surface area contributed by atoms with E-state index in [0.29, 0.717) is 31.0 Å². The third-order valence-corrected chi connectivity index (χ3v) is 5.52. The first-order chi connectivity index (χ1) is 8.15. The fraction of sp³-hybridized carbons (Fsp3) is 0.923. The van der Waals surface area contributed by atoms with Gasteiger partial charge in [-0.1, -0.05) is 0 Å². The second-order valence-electron chi connectivity index (χ2n) is 6.35. The molecule has 0 aromatic carbocycles. The van der Waals surface area contributed by atoms with Crippen LogP contribution in [0.2, 0.25) is 0 Å². The maximum atomic E-state index is 11.6. The second kappa shape index (κ2) is 3.04. The fourth-order valence-corrected chi connectivity index (χ4v) is 5.10. The summed E-state index contributed by atoms with van der Waals surface area (Å²) in [5, 5.41) is 9.53. The van der Waals surface area contributed by atoms with Gasteiger partial charge >= 0.3 is 5.97 Å². The van der Waals surface area contributed by atoms with Crippen LogP contribution in [0.25, 0.3) is 0 Å². The molecule has 94 valence electrons. The minimum absolute atomic E-state index is 0.312. The molecule has 4 saturated carbocycles. The average Bonchev–Trinajstić information content (AvgIpc) is 2.75. The Hall–Kier alpha value is -0.610. The van der Waals surface area contributed by atoms with E-state index in [1.165, 1.54) is 0 Å². The zero-order valence-electron chi connectivity index (χ0n) is 9.85. The summed E-state index contributed by atoms with van der Waals surface area (Å²) in [6.45, 7) is 1.36. The topological polar surface area (TPSA) is 55.8 Å². The van der Waals surface area contributed by atoms with Crippen molar-refractivity contribution in [2.45, 2.75) is 37.9 Å². The quantitative estimate of drug-likeness (QED) is 0.754. The SMILES string of the molecule is O=C(O)C12C[C@H]3C[C@H](C1)C1(OCCO1)[C@@H](C3)C2. The number of carboxylic acids is 1. The number of carbonyl (C=O) groups is 1. The number of carboxylic acid groups (broad SMARTS) is 1. The van der Waals surface area contributed by atoms with Crippen molar-refractivity contribution in [1.82, 2.24) is 0 Å². The molecule has 1 unspecified atom stereocenters. The monoisotopic (exact) mass is 238 g/mol. The molecule has 1 saturated heterocycles. The minimum Gasteiger partial charge on any atom is -0.481 e. The molecule has 4 nitrogen and oxygen atoms in total.